The number of amides is 1. The van der Waals surface area contributed by atoms with Crippen LogP contribution in [-0.2, 0) is 17.6 Å². The third kappa shape index (κ3) is 5.78. The number of carbonyl (C=O) groups is 1. The molecule has 0 aliphatic rings. The summed E-state index contributed by atoms with van der Waals surface area (Å²) in [6.45, 7) is 4.05. The Hall–Kier alpha value is -2.95. The summed E-state index contributed by atoms with van der Waals surface area (Å²) in [5.74, 6) is 1.05. The largest absolute Gasteiger partial charge is 0.354 e. The van der Waals surface area contributed by atoms with Gasteiger partial charge < -0.3 is 9.84 Å². The first-order valence-electron chi connectivity index (χ1n) is 9.33. The predicted octanol–water partition coefficient (Wildman–Crippen LogP) is 4.12. The molecule has 1 atom stereocenters. The van der Waals surface area contributed by atoms with Crippen LogP contribution in [0.5, 0.6) is 0 Å². The van der Waals surface area contributed by atoms with Crippen LogP contribution in [-0.4, -0.2) is 22.1 Å². The number of carbonyl (C=O) groups excluding carboxylic acids is 1. The number of benzene rings is 2. The van der Waals surface area contributed by atoms with Gasteiger partial charge in [0.25, 0.3) is 0 Å². The van der Waals surface area contributed by atoms with Gasteiger partial charge in [-0.2, -0.15) is 4.98 Å². The van der Waals surface area contributed by atoms with Gasteiger partial charge in [-0.1, -0.05) is 59.3 Å². The van der Waals surface area contributed by atoms with Crippen molar-refractivity contribution < 1.29 is 9.32 Å². The molecule has 0 saturated heterocycles. The Labute approximate surface area is 159 Å². The molecule has 27 heavy (non-hydrogen) atoms. The summed E-state index contributed by atoms with van der Waals surface area (Å²) in [4.78, 5) is 16.5. The number of nitrogens with zero attached hydrogens (tertiary/aromatic N) is 2. The van der Waals surface area contributed by atoms with E-state index in [1.54, 1.807) is 0 Å². The minimum absolute atomic E-state index is 0.00543. The molecule has 0 radical (unpaired) electrons. The highest BCUT2D eigenvalue weighted by atomic mass is 16.5. The SMILES string of the molecule is Cc1cccc(-c2noc(CCC(=O)N[C@@H](C)CCc3ccccc3)n2)c1. The maximum atomic E-state index is 12.2. The maximum absolute atomic E-state index is 12.2. The van der Waals surface area contributed by atoms with Crippen molar-refractivity contribution in [2.75, 3.05) is 0 Å². The molecule has 140 valence electrons. The van der Waals surface area contributed by atoms with Crippen molar-refractivity contribution >= 4 is 5.91 Å². The van der Waals surface area contributed by atoms with Crippen molar-refractivity contribution in [2.24, 2.45) is 0 Å². The summed E-state index contributed by atoms with van der Waals surface area (Å²) in [5.41, 5.74) is 3.35. The van der Waals surface area contributed by atoms with Crippen LogP contribution in [0.4, 0.5) is 0 Å². The summed E-state index contributed by atoms with van der Waals surface area (Å²) in [6.07, 6.45) is 2.64. The van der Waals surface area contributed by atoms with Crippen molar-refractivity contribution in [1.29, 1.82) is 0 Å². The molecule has 3 aromatic rings. The topological polar surface area (TPSA) is 68.0 Å². The summed E-state index contributed by atoms with van der Waals surface area (Å²) in [6, 6.07) is 18.4. The van der Waals surface area contributed by atoms with Crippen molar-refractivity contribution in [3.05, 3.63) is 71.6 Å². The van der Waals surface area contributed by atoms with Crippen LogP contribution in [0.15, 0.2) is 59.1 Å². The minimum atomic E-state index is 0.00543. The van der Waals surface area contributed by atoms with Gasteiger partial charge in [0.2, 0.25) is 17.6 Å². The third-order valence-electron chi connectivity index (χ3n) is 4.43. The molecule has 5 nitrogen and oxygen atoms in total. The molecule has 1 heterocycles. The summed E-state index contributed by atoms with van der Waals surface area (Å²) < 4.78 is 5.28. The summed E-state index contributed by atoms with van der Waals surface area (Å²) in [5, 5.41) is 7.05. The second-order valence-corrected chi connectivity index (χ2v) is 6.87. The van der Waals surface area contributed by atoms with E-state index >= 15 is 0 Å². The maximum Gasteiger partial charge on any atom is 0.227 e. The lowest BCUT2D eigenvalue weighted by molar-refractivity contribution is -0.121. The lowest BCUT2D eigenvalue weighted by Gasteiger charge is -2.13. The number of aromatic nitrogens is 2. The fraction of sp³-hybridized carbons (Fsp3) is 0.318. The van der Waals surface area contributed by atoms with E-state index in [4.69, 9.17) is 4.52 Å². The molecule has 0 aliphatic heterocycles. The second-order valence-electron chi connectivity index (χ2n) is 6.87. The normalized spacial score (nSPS) is 11.9. The van der Waals surface area contributed by atoms with E-state index in [2.05, 4.69) is 27.6 Å². The Morgan fingerprint density at radius 3 is 2.70 bits per heavy atom. The van der Waals surface area contributed by atoms with E-state index in [1.165, 1.54) is 5.56 Å². The van der Waals surface area contributed by atoms with E-state index < -0.39 is 0 Å². The molecule has 0 bridgehead atoms. The van der Waals surface area contributed by atoms with Gasteiger partial charge in [-0.25, -0.2) is 0 Å². The summed E-state index contributed by atoms with van der Waals surface area (Å²) in [7, 11) is 0. The van der Waals surface area contributed by atoms with E-state index in [-0.39, 0.29) is 11.9 Å². The molecule has 1 amide bonds. The molecule has 2 aromatic carbocycles. The number of hydrogen-bond donors (Lipinski definition) is 1. The first-order chi connectivity index (χ1) is 13.1. The predicted molar refractivity (Wildman–Crippen MR) is 105 cm³/mol. The van der Waals surface area contributed by atoms with Crippen molar-refractivity contribution in [1.82, 2.24) is 15.5 Å². The van der Waals surface area contributed by atoms with Crippen LogP contribution in [0.25, 0.3) is 11.4 Å². The zero-order valence-electron chi connectivity index (χ0n) is 15.8. The van der Waals surface area contributed by atoms with Gasteiger partial charge in [-0.15, -0.1) is 0 Å². The van der Waals surface area contributed by atoms with E-state index in [0.29, 0.717) is 24.6 Å². The van der Waals surface area contributed by atoms with Crippen molar-refractivity contribution in [2.45, 2.75) is 45.6 Å². The molecule has 0 unspecified atom stereocenters. The summed E-state index contributed by atoms with van der Waals surface area (Å²) >= 11 is 0. The monoisotopic (exact) mass is 363 g/mol. The Morgan fingerprint density at radius 1 is 1.11 bits per heavy atom. The van der Waals surface area contributed by atoms with Crippen LogP contribution < -0.4 is 5.32 Å². The molecule has 0 fully saturated rings. The molecular weight excluding hydrogens is 338 g/mol. The van der Waals surface area contributed by atoms with Crippen LogP contribution in [0, 0.1) is 6.92 Å². The highest BCUT2D eigenvalue weighted by Gasteiger charge is 2.12. The Morgan fingerprint density at radius 2 is 1.93 bits per heavy atom. The third-order valence-corrected chi connectivity index (χ3v) is 4.43. The average Bonchev–Trinajstić information content (AvgIpc) is 3.15. The van der Waals surface area contributed by atoms with Gasteiger partial charge in [0.1, 0.15) is 0 Å². The van der Waals surface area contributed by atoms with Gasteiger partial charge >= 0.3 is 0 Å². The zero-order chi connectivity index (χ0) is 19.1. The molecule has 3 rings (SSSR count). The first-order valence-corrected chi connectivity index (χ1v) is 9.33. The molecule has 0 spiro atoms. The van der Waals surface area contributed by atoms with Gasteiger partial charge in [-0.05, 0) is 38.3 Å². The molecule has 5 heteroatoms. The van der Waals surface area contributed by atoms with E-state index in [0.717, 1.165) is 24.0 Å². The number of rotatable bonds is 8. The smallest absolute Gasteiger partial charge is 0.227 e. The van der Waals surface area contributed by atoms with Gasteiger partial charge in [-0.3, -0.25) is 4.79 Å². The van der Waals surface area contributed by atoms with Crippen LogP contribution in [0.1, 0.15) is 36.8 Å². The Balaban J connectivity index is 1.44. The second kappa shape index (κ2) is 9.12. The highest BCUT2D eigenvalue weighted by Crippen LogP contribution is 2.17. The van der Waals surface area contributed by atoms with Crippen molar-refractivity contribution in [3.8, 4) is 11.4 Å². The fourth-order valence-corrected chi connectivity index (χ4v) is 2.93. The van der Waals surface area contributed by atoms with Crippen LogP contribution in [0.3, 0.4) is 0 Å². The zero-order valence-corrected chi connectivity index (χ0v) is 15.8. The fourth-order valence-electron chi connectivity index (χ4n) is 2.93. The van der Waals surface area contributed by atoms with Gasteiger partial charge in [0, 0.05) is 24.4 Å². The molecule has 0 aliphatic carbocycles. The lowest BCUT2D eigenvalue weighted by Crippen LogP contribution is -2.33. The molecular formula is C22H25N3O2. The number of nitrogens with one attached hydrogen (secondary N) is 1. The van der Waals surface area contributed by atoms with Gasteiger partial charge in [0.05, 0.1) is 0 Å². The highest BCUT2D eigenvalue weighted by molar-refractivity contribution is 5.76. The quantitative estimate of drug-likeness (QED) is 0.654. The first kappa shape index (κ1) is 18.8. The standard InChI is InChI=1S/C22H25N3O2/c1-16-7-6-10-19(15-16)22-24-21(27-25-22)14-13-20(26)23-17(2)11-12-18-8-4-3-5-9-18/h3-10,15,17H,11-14H2,1-2H3,(H,23,26)/t17-/m0/s1. The number of aryl methyl sites for hydroxylation is 3. The van der Waals surface area contributed by atoms with E-state index in [9.17, 15) is 4.79 Å². The minimum Gasteiger partial charge on any atom is -0.354 e. The van der Waals surface area contributed by atoms with E-state index in [1.807, 2.05) is 56.3 Å². The molecule has 1 aromatic heterocycles. The van der Waals surface area contributed by atoms with Crippen molar-refractivity contribution in [3.63, 3.8) is 0 Å². The average molecular weight is 363 g/mol. The Kier molecular flexibility index (Phi) is 6.36. The van der Waals surface area contributed by atoms with Crippen LogP contribution in [0.2, 0.25) is 0 Å². The molecule has 1 N–H and O–H groups in total. The van der Waals surface area contributed by atoms with Gasteiger partial charge in [0.15, 0.2) is 0 Å². The van der Waals surface area contributed by atoms with Crippen LogP contribution >= 0.6 is 0 Å². The number of hydrogen-bond acceptors (Lipinski definition) is 4. The molecule has 0 saturated carbocycles. The lowest BCUT2D eigenvalue weighted by atomic mass is 10.1. The Bertz CT molecular complexity index is 874.